The fourth-order valence-corrected chi connectivity index (χ4v) is 4.30. The molecule has 0 unspecified atom stereocenters. The van der Waals surface area contributed by atoms with Crippen LogP contribution in [0.15, 0.2) is 24.7 Å². The highest BCUT2D eigenvalue weighted by atomic mass is 16.5. The van der Waals surface area contributed by atoms with Crippen molar-refractivity contribution in [1.82, 2.24) is 24.3 Å². The average Bonchev–Trinajstić information content (AvgIpc) is 3.09. The second kappa shape index (κ2) is 7.68. The highest BCUT2D eigenvalue weighted by Crippen LogP contribution is 2.31. The molecular weight excluding hydrogens is 342 g/mol. The van der Waals surface area contributed by atoms with Crippen LogP contribution in [0.4, 0.5) is 0 Å². The Morgan fingerprint density at radius 2 is 2.07 bits per heavy atom. The van der Waals surface area contributed by atoms with Gasteiger partial charge in [-0.3, -0.25) is 9.69 Å². The van der Waals surface area contributed by atoms with Crippen molar-refractivity contribution in [3.63, 3.8) is 0 Å². The standard InChI is InChI=1S/C20H27N5O2/c1-23-14-22-17-13-24(11-15-7-6-8-21-19(15)27-2)12-16(18(17)23)20(26)25-9-4-3-5-10-25/h6-8,14,16H,3-5,9-13H2,1-2H3/t16-/m0/s1. The molecule has 0 spiro atoms. The molecule has 2 aliphatic rings. The number of aromatic nitrogens is 3. The van der Waals surface area contributed by atoms with Gasteiger partial charge in [-0.05, 0) is 25.3 Å². The molecule has 0 bridgehead atoms. The fraction of sp³-hybridized carbons (Fsp3) is 0.550. The Kier molecular flexibility index (Phi) is 5.11. The van der Waals surface area contributed by atoms with E-state index < -0.39 is 0 Å². The molecular formula is C20H27N5O2. The minimum Gasteiger partial charge on any atom is -0.481 e. The maximum absolute atomic E-state index is 13.3. The van der Waals surface area contributed by atoms with Gasteiger partial charge in [0.25, 0.3) is 0 Å². The SMILES string of the molecule is COc1ncccc1CN1Cc2ncn(C)c2[C@@H](C(=O)N2CCCCC2)C1. The number of imidazole rings is 1. The van der Waals surface area contributed by atoms with Gasteiger partial charge in [0.2, 0.25) is 11.8 Å². The molecule has 2 aromatic rings. The summed E-state index contributed by atoms with van der Waals surface area (Å²) in [5.74, 6) is 0.715. The van der Waals surface area contributed by atoms with Crippen LogP contribution in [0.25, 0.3) is 0 Å². The van der Waals surface area contributed by atoms with Gasteiger partial charge < -0.3 is 14.2 Å². The normalized spacial score (nSPS) is 20.4. The molecule has 0 aromatic carbocycles. The van der Waals surface area contributed by atoms with Crippen LogP contribution < -0.4 is 4.74 Å². The summed E-state index contributed by atoms with van der Waals surface area (Å²) in [5.41, 5.74) is 3.10. The number of pyridine rings is 1. The monoisotopic (exact) mass is 369 g/mol. The number of nitrogens with zero attached hydrogens (tertiary/aromatic N) is 5. The van der Waals surface area contributed by atoms with E-state index in [0.717, 1.165) is 49.4 Å². The number of carbonyl (C=O) groups is 1. The molecule has 7 nitrogen and oxygen atoms in total. The second-order valence-electron chi connectivity index (χ2n) is 7.47. The molecule has 7 heteroatoms. The second-order valence-corrected chi connectivity index (χ2v) is 7.47. The Balaban J connectivity index is 1.59. The third-order valence-corrected chi connectivity index (χ3v) is 5.61. The van der Waals surface area contributed by atoms with E-state index in [1.165, 1.54) is 6.42 Å². The molecule has 4 rings (SSSR count). The Hall–Kier alpha value is -2.41. The Morgan fingerprint density at radius 3 is 2.85 bits per heavy atom. The number of ether oxygens (including phenoxy) is 1. The van der Waals surface area contributed by atoms with Crippen LogP contribution in [0, 0.1) is 0 Å². The zero-order chi connectivity index (χ0) is 18.8. The Labute approximate surface area is 160 Å². The van der Waals surface area contributed by atoms with Gasteiger partial charge >= 0.3 is 0 Å². The van der Waals surface area contributed by atoms with Gasteiger partial charge in [-0.1, -0.05) is 6.07 Å². The Bertz CT molecular complexity index is 812. The molecule has 1 fully saturated rings. The predicted octanol–water partition coefficient (Wildman–Crippen LogP) is 1.94. The first-order chi connectivity index (χ1) is 13.2. The number of piperidine rings is 1. The maximum atomic E-state index is 13.3. The first-order valence-electron chi connectivity index (χ1n) is 9.66. The van der Waals surface area contributed by atoms with E-state index in [1.54, 1.807) is 13.3 Å². The fourth-order valence-electron chi connectivity index (χ4n) is 4.30. The smallest absolute Gasteiger partial charge is 0.233 e. The highest BCUT2D eigenvalue weighted by molar-refractivity contribution is 5.84. The molecule has 2 aromatic heterocycles. The summed E-state index contributed by atoms with van der Waals surface area (Å²) in [6.07, 6.45) is 6.99. The number of hydrogen-bond acceptors (Lipinski definition) is 5. The number of methoxy groups -OCH3 is 1. The van der Waals surface area contributed by atoms with Crippen LogP contribution in [0.3, 0.4) is 0 Å². The molecule has 0 saturated carbocycles. The van der Waals surface area contributed by atoms with Crippen molar-refractivity contribution in [2.24, 2.45) is 7.05 Å². The molecule has 2 aliphatic heterocycles. The molecule has 0 radical (unpaired) electrons. The van der Waals surface area contributed by atoms with Crippen molar-refractivity contribution >= 4 is 5.91 Å². The predicted molar refractivity (Wildman–Crippen MR) is 101 cm³/mol. The first kappa shape index (κ1) is 18.0. The van der Waals surface area contributed by atoms with Crippen molar-refractivity contribution in [1.29, 1.82) is 0 Å². The van der Waals surface area contributed by atoms with Crippen LogP contribution in [-0.4, -0.2) is 57.0 Å². The lowest BCUT2D eigenvalue weighted by atomic mass is 9.95. The molecule has 0 N–H and O–H groups in total. The molecule has 27 heavy (non-hydrogen) atoms. The summed E-state index contributed by atoms with van der Waals surface area (Å²) < 4.78 is 7.41. The van der Waals surface area contributed by atoms with Crippen molar-refractivity contribution in [3.8, 4) is 5.88 Å². The maximum Gasteiger partial charge on any atom is 0.233 e. The zero-order valence-electron chi connectivity index (χ0n) is 16.1. The van der Waals surface area contributed by atoms with Crippen molar-refractivity contribution < 1.29 is 9.53 Å². The van der Waals surface area contributed by atoms with E-state index >= 15 is 0 Å². The van der Waals surface area contributed by atoms with Crippen molar-refractivity contribution in [2.75, 3.05) is 26.7 Å². The van der Waals surface area contributed by atoms with Crippen LogP contribution in [0.1, 0.15) is 42.1 Å². The summed E-state index contributed by atoms with van der Waals surface area (Å²) in [5, 5.41) is 0. The summed E-state index contributed by atoms with van der Waals surface area (Å²) in [6.45, 7) is 3.87. The van der Waals surface area contributed by atoms with Gasteiger partial charge in [-0.2, -0.15) is 0 Å². The summed E-state index contributed by atoms with van der Waals surface area (Å²) in [4.78, 5) is 26.5. The largest absolute Gasteiger partial charge is 0.481 e. The lowest BCUT2D eigenvalue weighted by Gasteiger charge is -2.36. The van der Waals surface area contributed by atoms with Gasteiger partial charge in [0.15, 0.2) is 0 Å². The number of rotatable bonds is 4. The van der Waals surface area contributed by atoms with E-state index in [9.17, 15) is 4.79 Å². The minimum absolute atomic E-state index is 0.165. The molecule has 4 heterocycles. The minimum atomic E-state index is -0.165. The van der Waals surface area contributed by atoms with Gasteiger partial charge in [-0.15, -0.1) is 0 Å². The number of carbonyl (C=O) groups excluding carboxylic acids is 1. The van der Waals surface area contributed by atoms with Gasteiger partial charge in [0, 0.05) is 51.5 Å². The van der Waals surface area contributed by atoms with Crippen LogP contribution >= 0.6 is 0 Å². The molecule has 1 atom stereocenters. The van der Waals surface area contributed by atoms with Gasteiger partial charge in [0.05, 0.1) is 30.7 Å². The zero-order valence-corrected chi connectivity index (χ0v) is 16.1. The van der Waals surface area contributed by atoms with Crippen LogP contribution in [0.2, 0.25) is 0 Å². The molecule has 144 valence electrons. The lowest BCUT2D eigenvalue weighted by molar-refractivity contribution is -0.134. The average molecular weight is 369 g/mol. The molecule has 1 amide bonds. The van der Waals surface area contributed by atoms with Crippen molar-refractivity contribution in [3.05, 3.63) is 41.6 Å². The van der Waals surface area contributed by atoms with Crippen molar-refractivity contribution in [2.45, 2.75) is 38.3 Å². The van der Waals surface area contributed by atoms with E-state index in [0.29, 0.717) is 19.0 Å². The first-order valence-corrected chi connectivity index (χ1v) is 9.66. The third kappa shape index (κ3) is 3.56. The van der Waals surface area contributed by atoms with E-state index in [4.69, 9.17) is 4.74 Å². The van der Waals surface area contributed by atoms with E-state index in [2.05, 4.69) is 14.9 Å². The lowest BCUT2D eigenvalue weighted by Crippen LogP contribution is -2.45. The van der Waals surface area contributed by atoms with E-state index in [-0.39, 0.29) is 11.8 Å². The van der Waals surface area contributed by atoms with E-state index in [1.807, 2.05) is 35.0 Å². The summed E-state index contributed by atoms with van der Waals surface area (Å²) in [6, 6.07) is 3.95. The summed E-state index contributed by atoms with van der Waals surface area (Å²) in [7, 11) is 3.63. The van der Waals surface area contributed by atoms with Crippen LogP contribution in [0.5, 0.6) is 5.88 Å². The molecule has 0 aliphatic carbocycles. The quantitative estimate of drug-likeness (QED) is 0.824. The summed E-state index contributed by atoms with van der Waals surface area (Å²) >= 11 is 0. The number of amides is 1. The highest BCUT2D eigenvalue weighted by Gasteiger charge is 2.36. The van der Waals surface area contributed by atoms with Gasteiger partial charge in [0.1, 0.15) is 0 Å². The topological polar surface area (TPSA) is 63.5 Å². The number of aryl methyl sites for hydroxylation is 1. The number of hydrogen-bond donors (Lipinski definition) is 0. The van der Waals surface area contributed by atoms with Gasteiger partial charge in [-0.25, -0.2) is 9.97 Å². The molecule has 1 saturated heterocycles. The van der Waals surface area contributed by atoms with Crippen LogP contribution in [-0.2, 0) is 24.9 Å². The number of likely N-dealkylation sites (tertiary alicyclic amines) is 1. The third-order valence-electron chi connectivity index (χ3n) is 5.61. The Morgan fingerprint density at radius 1 is 1.26 bits per heavy atom. The number of fused-ring (bicyclic) bond motifs is 1.